The maximum atomic E-state index is 14.0. The molecule has 0 saturated carbocycles. The first-order valence-corrected chi connectivity index (χ1v) is 18.0. The van der Waals surface area contributed by atoms with E-state index in [0.29, 0.717) is 56.0 Å². The van der Waals surface area contributed by atoms with Crippen molar-refractivity contribution in [3.05, 3.63) is 59.3 Å². The number of nitriles is 1. The van der Waals surface area contributed by atoms with Crippen molar-refractivity contribution in [3.63, 3.8) is 0 Å². The second kappa shape index (κ2) is 12.3. The lowest BCUT2D eigenvalue weighted by Gasteiger charge is -2.39. The number of benzene rings is 2. The molecule has 0 aliphatic carbocycles. The lowest BCUT2D eigenvalue weighted by molar-refractivity contribution is -0.139. The third-order valence-electron chi connectivity index (χ3n) is 9.08. The molecule has 45 heavy (non-hydrogen) atoms. The van der Waals surface area contributed by atoms with Crippen molar-refractivity contribution >= 4 is 25.6 Å². The molecule has 2 aliphatic heterocycles. The Balaban J connectivity index is 1.41. The third kappa shape index (κ3) is 7.11. The van der Waals surface area contributed by atoms with Crippen molar-refractivity contribution in [1.82, 2.24) is 9.97 Å². The summed E-state index contributed by atoms with van der Waals surface area (Å²) in [6, 6.07) is 11.6. The quantitative estimate of drug-likeness (QED) is 0.239. The number of rotatable bonds is 8. The van der Waals surface area contributed by atoms with Crippen LogP contribution in [0.5, 0.6) is 5.75 Å². The van der Waals surface area contributed by atoms with Crippen LogP contribution in [0.25, 0.3) is 11.3 Å². The van der Waals surface area contributed by atoms with Crippen LogP contribution in [0.3, 0.4) is 0 Å². The second-order valence-corrected chi connectivity index (χ2v) is 18.4. The van der Waals surface area contributed by atoms with Gasteiger partial charge in [-0.15, -0.1) is 0 Å². The van der Waals surface area contributed by atoms with Gasteiger partial charge < -0.3 is 24.5 Å². The van der Waals surface area contributed by atoms with Crippen LogP contribution < -0.4 is 15.4 Å². The Hall–Kier alpha value is -3.66. The molecule has 1 atom stereocenters. The number of fused-ring (bicyclic) bond motifs is 1. The fraction of sp³-hybridized carbons (Fsp3) is 0.485. The number of nitrogens with zero attached hydrogens (tertiary/aromatic N) is 3. The molecule has 2 N–H and O–H groups in total. The van der Waals surface area contributed by atoms with Crippen LogP contribution in [0.15, 0.2) is 42.6 Å². The van der Waals surface area contributed by atoms with Crippen LogP contribution in [0.2, 0.25) is 18.1 Å². The van der Waals surface area contributed by atoms with Crippen molar-refractivity contribution in [1.29, 1.82) is 5.26 Å². The normalized spacial score (nSPS) is 19.0. The van der Waals surface area contributed by atoms with E-state index in [9.17, 15) is 18.4 Å². The highest BCUT2D eigenvalue weighted by Gasteiger charge is 2.42. The minimum absolute atomic E-state index is 0.0568. The predicted octanol–water partition coefficient (Wildman–Crippen LogP) is 8.04. The van der Waals surface area contributed by atoms with Gasteiger partial charge in [-0.05, 0) is 60.1 Å². The summed E-state index contributed by atoms with van der Waals surface area (Å²) in [5, 5.41) is 16.4. The van der Waals surface area contributed by atoms with Crippen LogP contribution >= 0.6 is 0 Å². The molecule has 1 unspecified atom stereocenters. The van der Waals surface area contributed by atoms with E-state index in [1.54, 1.807) is 12.1 Å². The highest BCUT2D eigenvalue weighted by Crippen LogP contribution is 2.44. The van der Waals surface area contributed by atoms with Gasteiger partial charge in [-0.1, -0.05) is 27.7 Å². The zero-order valence-electron chi connectivity index (χ0n) is 26.6. The summed E-state index contributed by atoms with van der Waals surface area (Å²) in [5.41, 5.74) is 2.40. The first kappa shape index (κ1) is 32.7. The summed E-state index contributed by atoms with van der Waals surface area (Å²) in [7, 11) is -2.02. The molecule has 0 spiro atoms. The minimum Gasteiger partial charge on any atom is -0.490 e. The molecular weight excluding hydrogens is 599 g/mol. The molecule has 2 aromatic carbocycles. The minimum atomic E-state index is -4.62. The Labute approximate surface area is 263 Å². The molecular formula is C33H40F3N5O3Si. The fourth-order valence-electron chi connectivity index (χ4n) is 5.22. The van der Waals surface area contributed by atoms with Crippen molar-refractivity contribution in [3.8, 4) is 23.1 Å². The van der Waals surface area contributed by atoms with E-state index < -0.39 is 20.1 Å². The molecule has 12 heteroatoms. The Bertz CT molecular complexity index is 1600. The van der Waals surface area contributed by atoms with Gasteiger partial charge >= 0.3 is 6.18 Å². The average molecular weight is 640 g/mol. The van der Waals surface area contributed by atoms with Gasteiger partial charge in [0.1, 0.15) is 17.9 Å². The van der Waals surface area contributed by atoms with Gasteiger partial charge in [-0.2, -0.15) is 18.4 Å². The molecule has 3 aromatic rings. The summed E-state index contributed by atoms with van der Waals surface area (Å²) >= 11 is 0. The van der Waals surface area contributed by atoms with Gasteiger partial charge in [0.05, 0.1) is 35.7 Å². The predicted molar refractivity (Wildman–Crippen MR) is 170 cm³/mol. The maximum absolute atomic E-state index is 14.0. The maximum Gasteiger partial charge on any atom is 0.420 e. The van der Waals surface area contributed by atoms with Gasteiger partial charge in [0.15, 0.2) is 8.32 Å². The van der Waals surface area contributed by atoms with E-state index in [1.165, 1.54) is 18.3 Å². The lowest BCUT2D eigenvalue weighted by Crippen LogP contribution is -2.45. The first-order chi connectivity index (χ1) is 21.1. The van der Waals surface area contributed by atoms with Crippen molar-refractivity contribution in [2.45, 2.75) is 76.4 Å². The monoisotopic (exact) mass is 639 g/mol. The molecule has 8 nitrogen and oxygen atoms in total. The number of anilines is 3. The molecule has 5 rings (SSSR count). The summed E-state index contributed by atoms with van der Waals surface area (Å²) in [6.45, 7) is 15.2. The third-order valence-corrected chi connectivity index (χ3v) is 13.6. The Kier molecular flexibility index (Phi) is 8.92. The number of hydrogen-bond donors (Lipinski definition) is 2. The zero-order chi connectivity index (χ0) is 32.6. The average Bonchev–Trinajstić information content (AvgIpc) is 3.32. The molecule has 0 bridgehead atoms. The van der Waals surface area contributed by atoms with Crippen LogP contribution in [-0.2, 0) is 20.8 Å². The number of ether oxygens (including phenoxy) is 2. The van der Waals surface area contributed by atoms with Gasteiger partial charge in [-0.3, -0.25) is 0 Å². The molecule has 1 aromatic heterocycles. The summed E-state index contributed by atoms with van der Waals surface area (Å²) < 4.78 is 59.7. The lowest BCUT2D eigenvalue weighted by atomic mass is 9.83. The van der Waals surface area contributed by atoms with E-state index >= 15 is 0 Å². The first-order valence-electron chi connectivity index (χ1n) is 15.1. The largest absolute Gasteiger partial charge is 0.490 e. The molecule has 1 saturated heterocycles. The van der Waals surface area contributed by atoms with Gasteiger partial charge in [-0.25, -0.2) is 9.97 Å². The highest BCUT2D eigenvalue weighted by atomic mass is 28.4. The van der Waals surface area contributed by atoms with E-state index in [4.69, 9.17) is 13.9 Å². The van der Waals surface area contributed by atoms with Crippen molar-refractivity contribution in [2.75, 3.05) is 37.0 Å². The molecule has 240 valence electrons. The van der Waals surface area contributed by atoms with Crippen LogP contribution in [0.1, 0.15) is 57.2 Å². The van der Waals surface area contributed by atoms with Gasteiger partial charge in [0.2, 0.25) is 5.95 Å². The smallest absolute Gasteiger partial charge is 0.420 e. The van der Waals surface area contributed by atoms with E-state index in [0.717, 1.165) is 17.3 Å². The summed E-state index contributed by atoms with van der Waals surface area (Å²) in [6.07, 6.45) is -2.34. The van der Waals surface area contributed by atoms with E-state index in [-0.39, 0.29) is 33.9 Å². The van der Waals surface area contributed by atoms with Crippen molar-refractivity contribution < 1.29 is 27.1 Å². The number of halogens is 3. The topological polar surface area (TPSA) is 101 Å². The molecule has 0 radical (unpaired) electrons. The second-order valence-electron chi connectivity index (χ2n) is 13.6. The van der Waals surface area contributed by atoms with E-state index in [2.05, 4.69) is 67.5 Å². The van der Waals surface area contributed by atoms with Crippen LogP contribution in [-0.4, -0.2) is 50.8 Å². The van der Waals surface area contributed by atoms with Crippen molar-refractivity contribution in [2.24, 2.45) is 0 Å². The summed E-state index contributed by atoms with van der Waals surface area (Å²) in [5.74, 6) is -0.0918. The zero-order valence-corrected chi connectivity index (χ0v) is 27.6. The molecule has 2 aliphatic rings. The Morgan fingerprint density at radius 1 is 1.13 bits per heavy atom. The van der Waals surface area contributed by atoms with Crippen LogP contribution in [0, 0.1) is 11.3 Å². The molecule has 0 amide bonds. The Morgan fingerprint density at radius 2 is 1.87 bits per heavy atom. The number of aromatic nitrogens is 2. The van der Waals surface area contributed by atoms with E-state index in [1.807, 2.05) is 6.07 Å². The standard InChI is InChI=1S/C33H40F3N5O3Si/c1-31(2,3)45(5,6)43-20-32(4)19-39-29-22(18-37)15-21(16-26(29)32)27-9-12-38-30(41-27)40-23-7-8-28(25(17-23)33(34,35)36)44-24-10-13-42-14-11-24/h7-9,12,15-17,24,39H,10-11,13-14,19-20H2,1-6H3,(H,38,40,41). The van der Waals surface area contributed by atoms with Crippen LogP contribution in [0.4, 0.5) is 30.5 Å². The number of nitrogens with one attached hydrogen (secondary N) is 2. The molecule has 3 heterocycles. The Morgan fingerprint density at radius 3 is 2.53 bits per heavy atom. The molecule has 1 fully saturated rings. The highest BCUT2D eigenvalue weighted by molar-refractivity contribution is 6.74. The van der Waals surface area contributed by atoms with Gasteiger partial charge in [0.25, 0.3) is 0 Å². The summed E-state index contributed by atoms with van der Waals surface area (Å²) in [4.78, 5) is 8.86. The SMILES string of the molecule is CC1(CO[Si](C)(C)C(C)(C)C)CNc2c(C#N)cc(-c3ccnc(Nc4ccc(OC5CCOCC5)c(C(F)(F)F)c4)n3)cc21. The fourth-order valence-corrected chi connectivity index (χ4v) is 6.33. The number of alkyl halides is 3. The van der Waals surface area contributed by atoms with Gasteiger partial charge in [0, 0.05) is 48.9 Å². The number of hydrogen-bond acceptors (Lipinski definition) is 8.